The quantitative estimate of drug-likeness (QED) is 0.468. The number of rotatable bonds is 4. The van der Waals surface area contributed by atoms with E-state index in [9.17, 15) is 19.5 Å². The number of ether oxygens (including phenoxy) is 4. The van der Waals surface area contributed by atoms with Crippen LogP contribution in [0.15, 0.2) is 24.3 Å². The molecule has 0 saturated carbocycles. The first-order chi connectivity index (χ1) is 13.1. The second kappa shape index (κ2) is 8.37. The van der Waals surface area contributed by atoms with Gasteiger partial charge in [-0.15, -0.1) is 0 Å². The van der Waals surface area contributed by atoms with Crippen LogP contribution >= 0.6 is 0 Å². The Hall–Kier alpha value is -2.96. The standard InChI is InChI=1S/C19H21NO8/c1-10-16(24)17(25-11(2)21)18(26-12(3)22)19(27-10,28-13(4)23)14-6-8-15(20-5)9-7-14/h6-10,16-18,24H,1-4H3/t10-,16-,17+,18+,19-/m0/s1. The van der Waals surface area contributed by atoms with Gasteiger partial charge in [0.1, 0.15) is 6.10 Å². The molecule has 5 atom stereocenters. The lowest BCUT2D eigenvalue weighted by molar-refractivity contribution is -0.355. The molecule has 1 aromatic rings. The molecule has 0 aromatic heterocycles. The zero-order chi connectivity index (χ0) is 21.1. The summed E-state index contributed by atoms with van der Waals surface area (Å²) in [7, 11) is 0. The summed E-state index contributed by atoms with van der Waals surface area (Å²) in [6.07, 6.45) is -5.14. The maximum Gasteiger partial charge on any atom is 0.305 e. The number of hydrogen-bond donors (Lipinski definition) is 1. The van der Waals surface area contributed by atoms with Crippen molar-refractivity contribution in [2.75, 3.05) is 0 Å². The van der Waals surface area contributed by atoms with Crippen molar-refractivity contribution in [2.24, 2.45) is 0 Å². The summed E-state index contributed by atoms with van der Waals surface area (Å²) >= 11 is 0. The minimum atomic E-state index is -1.99. The summed E-state index contributed by atoms with van der Waals surface area (Å²) in [5.74, 6) is -4.23. The Morgan fingerprint density at radius 1 is 1.07 bits per heavy atom. The van der Waals surface area contributed by atoms with Gasteiger partial charge in [0.15, 0.2) is 11.8 Å². The van der Waals surface area contributed by atoms with Gasteiger partial charge in [0.2, 0.25) is 6.10 Å². The highest BCUT2D eigenvalue weighted by atomic mass is 16.8. The van der Waals surface area contributed by atoms with Crippen molar-refractivity contribution in [3.63, 3.8) is 0 Å². The fourth-order valence-corrected chi connectivity index (χ4v) is 3.08. The van der Waals surface area contributed by atoms with Gasteiger partial charge in [0.05, 0.1) is 12.7 Å². The van der Waals surface area contributed by atoms with E-state index in [0.717, 1.165) is 20.8 Å². The first kappa shape index (κ1) is 21.3. The monoisotopic (exact) mass is 391 g/mol. The van der Waals surface area contributed by atoms with Crippen molar-refractivity contribution in [1.29, 1.82) is 0 Å². The Balaban J connectivity index is 2.68. The fourth-order valence-electron chi connectivity index (χ4n) is 3.08. The molecule has 1 heterocycles. The number of aliphatic hydroxyl groups is 1. The summed E-state index contributed by atoms with van der Waals surface area (Å²) in [6, 6.07) is 5.89. The average molecular weight is 391 g/mol. The molecule has 0 radical (unpaired) electrons. The highest BCUT2D eigenvalue weighted by molar-refractivity contribution is 5.69. The third-order valence-electron chi connectivity index (χ3n) is 4.14. The van der Waals surface area contributed by atoms with Gasteiger partial charge in [-0.1, -0.05) is 24.3 Å². The molecule has 0 aliphatic carbocycles. The van der Waals surface area contributed by atoms with Gasteiger partial charge in [0.25, 0.3) is 5.79 Å². The van der Waals surface area contributed by atoms with Gasteiger partial charge in [-0.05, 0) is 6.92 Å². The van der Waals surface area contributed by atoms with Crippen molar-refractivity contribution >= 4 is 23.6 Å². The molecule has 1 N–H and O–H groups in total. The number of carbonyl (C=O) groups excluding carboxylic acids is 3. The minimum absolute atomic E-state index is 0.247. The smallest absolute Gasteiger partial charge is 0.305 e. The van der Waals surface area contributed by atoms with Crippen LogP contribution in [0.2, 0.25) is 0 Å². The number of nitrogens with zero attached hydrogens (tertiary/aromatic N) is 1. The topological polar surface area (TPSA) is 113 Å². The Morgan fingerprint density at radius 3 is 2.11 bits per heavy atom. The molecule has 28 heavy (non-hydrogen) atoms. The van der Waals surface area contributed by atoms with E-state index in [1.54, 1.807) is 0 Å². The van der Waals surface area contributed by atoms with Gasteiger partial charge < -0.3 is 24.1 Å². The maximum absolute atomic E-state index is 11.9. The summed E-state index contributed by atoms with van der Waals surface area (Å²) < 4.78 is 21.8. The molecule has 9 nitrogen and oxygen atoms in total. The molecular formula is C19H21NO8. The van der Waals surface area contributed by atoms with Crippen LogP contribution in [0.1, 0.15) is 33.3 Å². The van der Waals surface area contributed by atoms with Crippen LogP contribution in [0, 0.1) is 6.57 Å². The normalized spacial score (nSPS) is 29.3. The van der Waals surface area contributed by atoms with E-state index in [-0.39, 0.29) is 5.56 Å². The Labute approximate surface area is 162 Å². The molecule has 0 spiro atoms. The molecule has 9 heteroatoms. The molecule has 2 rings (SSSR count). The predicted molar refractivity (Wildman–Crippen MR) is 93.8 cm³/mol. The highest BCUT2D eigenvalue weighted by Gasteiger charge is 2.60. The Kier molecular flexibility index (Phi) is 6.38. The van der Waals surface area contributed by atoms with Gasteiger partial charge in [-0.3, -0.25) is 14.4 Å². The summed E-state index contributed by atoms with van der Waals surface area (Å²) in [5.41, 5.74) is 0.573. The second-order valence-corrected chi connectivity index (χ2v) is 6.34. The number of aliphatic hydroxyl groups excluding tert-OH is 1. The number of carbonyl (C=O) groups is 3. The van der Waals surface area contributed by atoms with Crippen molar-refractivity contribution in [1.82, 2.24) is 0 Å². The zero-order valence-corrected chi connectivity index (χ0v) is 15.9. The molecule has 150 valence electrons. The van der Waals surface area contributed by atoms with Crippen LogP contribution in [-0.2, 0) is 39.1 Å². The van der Waals surface area contributed by atoms with E-state index in [1.165, 1.54) is 31.2 Å². The lowest BCUT2D eigenvalue weighted by Crippen LogP contribution is -2.65. The summed E-state index contributed by atoms with van der Waals surface area (Å²) in [6.45, 7) is 12.0. The van der Waals surface area contributed by atoms with Crippen LogP contribution in [0.3, 0.4) is 0 Å². The molecule has 1 saturated heterocycles. The van der Waals surface area contributed by atoms with Crippen molar-refractivity contribution < 1.29 is 38.4 Å². The zero-order valence-electron chi connectivity index (χ0n) is 15.9. The fraction of sp³-hybridized carbons (Fsp3) is 0.474. The van der Waals surface area contributed by atoms with Gasteiger partial charge in [0, 0.05) is 26.3 Å². The van der Waals surface area contributed by atoms with Crippen LogP contribution < -0.4 is 0 Å². The molecular weight excluding hydrogens is 370 g/mol. The minimum Gasteiger partial charge on any atom is -0.455 e. The van der Waals surface area contributed by atoms with E-state index in [2.05, 4.69) is 4.85 Å². The van der Waals surface area contributed by atoms with E-state index in [1.807, 2.05) is 0 Å². The SMILES string of the molecule is [C-]#[N+]c1ccc([C@@]2(OC(C)=O)O[C@@H](C)[C@H](O)[C@@H](OC(C)=O)[C@H]2OC(C)=O)cc1. The van der Waals surface area contributed by atoms with E-state index in [4.69, 9.17) is 25.5 Å². The molecule has 0 unspecified atom stereocenters. The number of benzene rings is 1. The van der Waals surface area contributed by atoms with Gasteiger partial charge in [-0.2, -0.15) is 0 Å². The Bertz CT molecular complexity index is 799. The molecule has 1 aliphatic heterocycles. The average Bonchev–Trinajstić information content (AvgIpc) is 2.61. The second-order valence-electron chi connectivity index (χ2n) is 6.34. The van der Waals surface area contributed by atoms with Crippen molar-refractivity contribution in [3.8, 4) is 0 Å². The molecule has 1 aromatic carbocycles. The highest BCUT2D eigenvalue weighted by Crippen LogP contribution is 2.43. The van der Waals surface area contributed by atoms with Crippen LogP contribution in [0.5, 0.6) is 0 Å². The third kappa shape index (κ3) is 4.30. The summed E-state index contributed by atoms with van der Waals surface area (Å²) in [5, 5.41) is 10.5. The molecule has 0 bridgehead atoms. The molecule has 1 fully saturated rings. The van der Waals surface area contributed by atoms with E-state index >= 15 is 0 Å². The van der Waals surface area contributed by atoms with E-state index < -0.39 is 48.1 Å². The first-order valence-corrected chi connectivity index (χ1v) is 8.48. The Morgan fingerprint density at radius 2 is 1.64 bits per heavy atom. The van der Waals surface area contributed by atoms with Crippen LogP contribution in [0.4, 0.5) is 5.69 Å². The molecule has 1 aliphatic rings. The molecule has 0 amide bonds. The lowest BCUT2D eigenvalue weighted by atomic mass is 9.87. The summed E-state index contributed by atoms with van der Waals surface area (Å²) in [4.78, 5) is 38.5. The van der Waals surface area contributed by atoms with Crippen LogP contribution in [-0.4, -0.2) is 47.4 Å². The largest absolute Gasteiger partial charge is 0.455 e. The number of hydrogen-bond acceptors (Lipinski definition) is 8. The number of esters is 3. The van der Waals surface area contributed by atoms with Gasteiger partial charge in [-0.25, -0.2) is 4.85 Å². The van der Waals surface area contributed by atoms with Crippen molar-refractivity contribution in [3.05, 3.63) is 41.2 Å². The van der Waals surface area contributed by atoms with Crippen LogP contribution in [0.25, 0.3) is 4.85 Å². The predicted octanol–water partition coefficient (Wildman–Crippen LogP) is 1.60. The third-order valence-corrected chi connectivity index (χ3v) is 4.14. The van der Waals surface area contributed by atoms with Crippen molar-refractivity contribution in [2.45, 2.75) is 57.9 Å². The van der Waals surface area contributed by atoms with Gasteiger partial charge >= 0.3 is 17.9 Å². The van der Waals surface area contributed by atoms with E-state index in [0.29, 0.717) is 5.69 Å². The first-order valence-electron chi connectivity index (χ1n) is 8.48. The lowest BCUT2D eigenvalue weighted by Gasteiger charge is -2.49. The maximum atomic E-state index is 11.9.